The van der Waals surface area contributed by atoms with E-state index in [1.165, 1.54) is 16.7 Å². The SMILES string of the molecule is Cc1ccc(CN(C)CC(O)COc2ccc(-c3ccccc3)cc2)cc1. The molecule has 0 aliphatic rings. The topological polar surface area (TPSA) is 32.7 Å². The first-order valence-corrected chi connectivity index (χ1v) is 9.30. The summed E-state index contributed by atoms with van der Waals surface area (Å²) in [5.41, 5.74) is 4.84. The molecular formula is C24H27NO2. The highest BCUT2D eigenvalue weighted by Gasteiger charge is 2.10. The smallest absolute Gasteiger partial charge is 0.119 e. The molecule has 0 saturated heterocycles. The summed E-state index contributed by atoms with van der Waals surface area (Å²) in [6.45, 7) is 3.74. The Bertz CT molecular complexity index is 813. The lowest BCUT2D eigenvalue weighted by Crippen LogP contribution is -2.32. The molecule has 1 unspecified atom stereocenters. The summed E-state index contributed by atoms with van der Waals surface area (Å²) in [5, 5.41) is 10.3. The molecule has 3 rings (SSSR count). The van der Waals surface area contributed by atoms with Gasteiger partial charge in [0.25, 0.3) is 0 Å². The number of rotatable bonds is 8. The maximum atomic E-state index is 10.3. The summed E-state index contributed by atoms with van der Waals surface area (Å²) in [6.07, 6.45) is -0.533. The van der Waals surface area contributed by atoms with Crippen LogP contribution < -0.4 is 4.74 Å². The molecule has 0 amide bonds. The normalized spacial score (nSPS) is 12.1. The van der Waals surface area contributed by atoms with Crippen LogP contribution in [-0.4, -0.2) is 36.3 Å². The molecule has 0 bridgehead atoms. The number of aliphatic hydroxyl groups is 1. The Hall–Kier alpha value is -2.62. The van der Waals surface area contributed by atoms with Gasteiger partial charge in [-0.1, -0.05) is 72.3 Å². The quantitative estimate of drug-likeness (QED) is 0.640. The fraction of sp³-hybridized carbons (Fsp3) is 0.250. The van der Waals surface area contributed by atoms with Crippen LogP contribution in [0.1, 0.15) is 11.1 Å². The zero-order valence-electron chi connectivity index (χ0n) is 16.0. The average Bonchev–Trinajstić information content (AvgIpc) is 2.69. The third-order valence-corrected chi connectivity index (χ3v) is 4.50. The molecule has 0 aliphatic carbocycles. The number of benzene rings is 3. The van der Waals surface area contributed by atoms with Crippen LogP contribution in [0.5, 0.6) is 5.75 Å². The molecule has 3 aromatic rings. The van der Waals surface area contributed by atoms with E-state index in [4.69, 9.17) is 4.74 Å². The van der Waals surface area contributed by atoms with Gasteiger partial charge in [-0.25, -0.2) is 0 Å². The summed E-state index contributed by atoms with van der Waals surface area (Å²) in [5.74, 6) is 0.773. The van der Waals surface area contributed by atoms with Crippen molar-refractivity contribution in [1.29, 1.82) is 0 Å². The number of hydrogen-bond donors (Lipinski definition) is 1. The van der Waals surface area contributed by atoms with Gasteiger partial charge in [0.15, 0.2) is 0 Å². The Balaban J connectivity index is 1.45. The van der Waals surface area contributed by atoms with E-state index in [0.29, 0.717) is 6.54 Å². The van der Waals surface area contributed by atoms with Gasteiger partial charge in [0.2, 0.25) is 0 Å². The Morgan fingerprint density at radius 3 is 2.15 bits per heavy atom. The summed E-state index contributed by atoms with van der Waals surface area (Å²) >= 11 is 0. The second-order valence-corrected chi connectivity index (χ2v) is 7.04. The Morgan fingerprint density at radius 2 is 1.48 bits per heavy atom. The highest BCUT2D eigenvalue weighted by atomic mass is 16.5. The minimum Gasteiger partial charge on any atom is -0.491 e. The van der Waals surface area contributed by atoms with Gasteiger partial charge >= 0.3 is 0 Å². The van der Waals surface area contributed by atoms with Crippen LogP contribution in [0.25, 0.3) is 11.1 Å². The molecule has 27 heavy (non-hydrogen) atoms. The number of hydrogen-bond acceptors (Lipinski definition) is 3. The number of nitrogens with zero attached hydrogens (tertiary/aromatic N) is 1. The molecule has 3 aromatic carbocycles. The third-order valence-electron chi connectivity index (χ3n) is 4.50. The second kappa shape index (κ2) is 9.36. The third kappa shape index (κ3) is 5.95. The number of likely N-dealkylation sites (N-methyl/N-ethyl adjacent to an activating group) is 1. The van der Waals surface area contributed by atoms with Crippen LogP contribution in [0, 0.1) is 6.92 Å². The van der Waals surface area contributed by atoms with Crippen molar-refractivity contribution >= 4 is 0 Å². The molecule has 0 heterocycles. The average molecular weight is 361 g/mol. The highest BCUT2D eigenvalue weighted by Crippen LogP contribution is 2.22. The summed E-state index contributed by atoms with van der Waals surface area (Å²) in [7, 11) is 2.01. The van der Waals surface area contributed by atoms with Gasteiger partial charge in [-0.3, -0.25) is 4.90 Å². The molecule has 3 nitrogen and oxygen atoms in total. The minimum atomic E-state index is -0.533. The number of aryl methyl sites for hydroxylation is 1. The van der Waals surface area contributed by atoms with E-state index in [2.05, 4.69) is 48.2 Å². The van der Waals surface area contributed by atoms with Crippen LogP contribution >= 0.6 is 0 Å². The minimum absolute atomic E-state index is 0.281. The Morgan fingerprint density at radius 1 is 0.852 bits per heavy atom. The Labute approximate surface area is 161 Å². The van der Waals surface area contributed by atoms with Crippen LogP contribution in [0.4, 0.5) is 0 Å². The fourth-order valence-corrected chi connectivity index (χ4v) is 3.05. The standard InChI is InChI=1S/C24H27NO2/c1-19-8-10-20(11-9-19)16-25(2)17-23(26)18-27-24-14-12-22(13-15-24)21-6-4-3-5-7-21/h3-15,23,26H,16-18H2,1-2H3. The molecule has 0 radical (unpaired) electrons. The van der Waals surface area contributed by atoms with Crippen LogP contribution in [0.15, 0.2) is 78.9 Å². The lowest BCUT2D eigenvalue weighted by molar-refractivity contribution is 0.0744. The van der Waals surface area contributed by atoms with E-state index in [1.54, 1.807) is 0 Å². The molecular weight excluding hydrogens is 334 g/mol. The predicted molar refractivity (Wildman–Crippen MR) is 111 cm³/mol. The summed E-state index contributed by atoms with van der Waals surface area (Å²) in [4.78, 5) is 2.11. The van der Waals surface area contributed by atoms with Crippen molar-refractivity contribution in [2.24, 2.45) is 0 Å². The zero-order chi connectivity index (χ0) is 19.1. The van der Waals surface area contributed by atoms with Crippen LogP contribution in [0.3, 0.4) is 0 Å². The summed E-state index contributed by atoms with van der Waals surface area (Å²) < 4.78 is 5.75. The first-order chi connectivity index (χ1) is 13.1. The van der Waals surface area contributed by atoms with Gasteiger partial charge in [-0.15, -0.1) is 0 Å². The lowest BCUT2D eigenvalue weighted by Gasteiger charge is -2.21. The summed E-state index contributed by atoms with van der Waals surface area (Å²) in [6, 6.07) is 26.7. The van der Waals surface area contributed by atoms with Gasteiger partial charge in [0.05, 0.1) is 0 Å². The number of ether oxygens (including phenoxy) is 1. The maximum Gasteiger partial charge on any atom is 0.119 e. The van der Waals surface area contributed by atoms with E-state index >= 15 is 0 Å². The van der Waals surface area contributed by atoms with Crippen molar-refractivity contribution in [1.82, 2.24) is 4.90 Å². The molecule has 0 spiro atoms. The predicted octanol–water partition coefficient (Wildman–Crippen LogP) is 4.53. The molecule has 3 heteroatoms. The zero-order valence-corrected chi connectivity index (χ0v) is 16.0. The Kier molecular flexibility index (Phi) is 6.64. The monoisotopic (exact) mass is 361 g/mol. The van der Waals surface area contributed by atoms with Gasteiger partial charge in [-0.05, 0) is 42.8 Å². The highest BCUT2D eigenvalue weighted by molar-refractivity contribution is 5.63. The van der Waals surface area contributed by atoms with Crippen molar-refractivity contribution in [2.75, 3.05) is 20.2 Å². The molecule has 140 valence electrons. The van der Waals surface area contributed by atoms with Crippen molar-refractivity contribution < 1.29 is 9.84 Å². The van der Waals surface area contributed by atoms with Crippen molar-refractivity contribution in [3.8, 4) is 16.9 Å². The fourth-order valence-electron chi connectivity index (χ4n) is 3.05. The lowest BCUT2D eigenvalue weighted by atomic mass is 10.1. The van der Waals surface area contributed by atoms with E-state index in [0.717, 1.165) is 17.9 Å². The van der Waals surface area contributed by atoms with Crippen molar-refractivity contribution in [3.05, 3.63) is 90.0 Å². The van der Waals surface area contributed by atoms with E-state index in [-0.39, 0.29) is 6.61 Å². The second-order valence-electron chi connectivity index (χ2n) is 7.04. The first kappa shape index (κ1) is 19.2. The van der Waals surface area contributed by atoms with Gasteiger partial charge in [0.1, 0.15) is 18.5 Å². The molecule has 0 saturated carbocycles. The maximum absolute atomic E-state index is 10.3. The van der Waals surface area contributed by atoms with Crippen LogP contribution in [0.2, 0.25) is 0 Å². The molecule has 0 aromatic heterocycles. The van der Waals surface area contributed by atoms with Crippen LogP contribution in [-0.2, 0) is 6.54 Å². The molecule has 1 N–H and O–H groups in total. The van der Waals surface area contributed by atoms with Crippen molar-refractivity contribution in [2.45, 2.75) is 19.6 Å². The van der Waals surface area contributed by atoms with E-state index in [9.17, 15) is 5.11 Å². The van der Waals surface area contributed by atoms with Crippen molar-refractivity contribution in [3.63, 3.8) is 0 Å². The van der Waals surface area contributed by atoms with E-state index < -0.39 is 6.10 Å². The molecule has 0 fully saturated rings. The van der Waals surface area contributed by atoms with E-state index in [1.807, 2.05) is 49.5 Å². The van der Waals surface area contributed by atoms with Gasteiger partial charge in [-0.2, -0.15) is 0 Å². The van der Waals surface area contributed by atoms with Gasteiger partial charge in [0, 0.05) is 13.1 Å². The molecule has 0 aliphatic heterocycles. The van der Waals surface area contributed by atoms with Gasteiger partial charge < -0.3 is 9.84 Å². The number of aliphatic hydroxyl groups excluding tert-OH is 1. The first-order valence-electron chi connectivity index (χ1n) is 9.30. The largest absolute Gasteiger partial charge is 0.491 e. The molecule has 1 atom stereocenters.